The zero-order valence-corrected chi connectivity index (χ0v) is 33.3. The van der Waals surface area contributed by atoms with Crippen molar-refractivity contribution < 1.29 is 0 Å². The quantitative estimate of drug-likeness (QED) is 0.154. The summed E-state index contributed by atoms with van der Waals surface area (Å²) in [5, 5.41) is 10.0. The van der Waals surface area contributed by atoms with Crippen molar-refractivity contribution in [1.29, 1.82) is 0 Å². The Bertz CT molecular complexity index is 3530. The summed E-state index contributed by atoms with van der Waals surface area (Å²) < 4.78 is 2.45. The molecule has 2 nitrogen and oxygen atoms in total. The Morgan fingerprint density at radius 3 is 1.30 bits per heavy atom. The molecule has 0 aliphatic heterocycles. The molecule has 0 saturated carbocycles. The van der Waals surface area contributed by atoms with Gasteiger partial charge in [0.1, 0.15) is 0 Å². The van der Waals surface area contributed by atoms with E-state index in [1.165, 1.54) is 54.2 Å². The molecule has 0 aliphatic rings. The first-order valence-electron chi connectivity index (χ1n) is 20.9. The fraction of sp³-hybridized carbons (Fsp3) is 0. The second-order valence-electron chi connectivity index (χ2n) is 15.9. The number of aromatic nitrogens is 2. The van der Waals surface area contributed by atoms with Crippen LogP contribution in [0.15, 0.2) is 231 Å². The standard InChI is InChI=1S/C59H38N2/c1-4-16-39(17-5-1)43-29-31-54-53-26-14-15-27-58(53)61(59(54)38-43)47-33-44(42-28-30-52-50-24-11-10-22-48(50)49-23-12-13-25-51(49)55(52)35-42)32-46(34-47)57-37-45(40-18-6-2-7-19-40)36-56(60-57)41-20-8-3-9-21-41/h1-38H. The van der Waals surface area contributed by atoms with Gasteiger partial charge in [-0.25, -0.2) is 4.98 Å². The Balaban J connectivity index is 1.16. The first kappa shape index (κ1) is 34.9. The normalized spacial score (nSPS) is 11.6. The summed E-state index contributed by atoms with van der Waals surface area (Å²) in [5.41, 5.74) is 14.4. The van der Waals surface area contributed by atoms with Crippen LogP contribution in [0, 0.1) is 0 Å². The van der Waals surface area contributed by atoms with E-state index in [0.717, 1.165) is 61.5 Å². The van der Waals surface area contributed by atoms with Gasteiger partial charge in [-0.15, -0.1) is 0 Å². The third-order valence-electron chi connectivity index (χ3n) is 12.3. The number of hydrogen-bond acceptors (Lipinski definition) is 1. The van der Waals surface area contributed by atoms with Gasteiger partial charge in [-0.2, -0.15) is 0 Å². The molecular formula is C59H38N2. The average Bonchev–Trinajstić information content (AvgIpc) is 3.68. The number of fused-ring (bicyclic) bond motifs is 9. The van der Waals surface area contributed by atoms with Crippen LogP contribution in [-0.2, 0) is 0 Å². The largest absolute Gasteiger partial charge is 0.309 e. The molecule has 0 saturated heterocycles. The van der Waals surface area contributed by atoms with E-state index in [0.29, 0.717) is 0 Å². The smallest absolute Gasteiger partial charge is 0.0716 e. The summed E-state index contributed by atoms with van der Waals surface area (Å²) in [6.07, 6.45) is 0. The van der Waals surface area contributed by atoms with Gasteiger partial charge in [-0.05, 0) is 114 Å². The Kier molecular flexibility index (Phi) is 8.21. The topological polar surface area (TPSA) is 17.8 Å². The van der Waals surface area contributed by atoms with E-state index >= 15 is 0 Å². The summed E-state index contributed by atoms with van der Waals surface area (Å²) in [7, 11) is 0. The van der Waals surface area contributed by atoms with Gasteiger partial charge in [-0.3, -0.25) is 0 Å². The lowest BCUT2D eigenvalue weighted by Crippen LogP contribution is -1.98. The van der Waals surface area contributed by atoms with Crippen molar-refractivity contribution in [1.82, 2.24) is 9.55 Å². The zero-order valence-electron chi connectivity index (χ0n) is 33.3. The van der Waals surface area contributed by atoms with Crippen LogP contribution in [0.25, 0.3) is 116 Å². The number of nitrogens with zero attached hydrogens (tertiary/aromatic N) is 2. The Hall–Kier alpha value is -8.07. The van der Waals surface area contributed by atoms with Crippen LogP contribution in [0.5, 0.6) is 0 Å². The van der Waals surface area contributed by atoms with Crippen molar-refractivity contribution in [2.24, 2.45) is 0 Å². The maximum absolute atomic E-state index is 5.45. The predicted octanol–water partition coefficient (Wildman–Crippen LogP) is 16.0. The first-order chi connectivity index (χ1) is 30.2. The second kappa shape index (κ2) is 14.3. The van der Waals surface area contributed by atoms with Gasteiger partial charge in [0.25, 0.3) is 0 Å². The monoisotopic (exact) mass is 774 g/mol. The molecule has 0 unspecified atom stereocenters. The number of para-hydroxylation sites is 1. The molecule has 0 radical (unpaired) electrons. The molecule has 0 fully saturated rings. The predicted molar refractivity (Wildman–Crippen MR) is 258 cm³/mol. The fourth-order valence-corrected chi connectivity index (χ4v) is 9.43. The molecular weight excluding hydrogens is 737 g/mol. The van der Waals surface area contributed by atoms with Gasteiger partial charge in [0.05, 0.1) is 22.4 Å². The van der Waals surface area contributed by atoms with Crippen LogP contribution in [0.3, 0.4) is 0 Å². The van der Waals surface area contributed by atoms with E-state index < -0.39 is 0 Å². The molecule has 12 aromatic rings. The third kappa shape index (κ3) is 6.00. The number of benzene rings is 10. The Labute approximate surface area is 354 Å². The zero-order chi connectivity index (χ0) is 40.3. The van der Waals surface area contributed by atoms with Crippen molar-refractivity contribution in [2.75, 3.05) is 0 Å². The van der Waals surface area contributed by atoms with Crippen LogP contribution < -0.4 is 0 Å². The minimum absolute atomic E-state index is 0.922. The van der Waals surface area contributed by atoms with Crippen molar-refractivity contribution in [2.45, 2.75) is 0 Å². The van der Waals surface area contributed by atoms with Crippen LogP contribution in [-0.4, -0.2) is 9.55 Å². The summed E-state index contributed by atoms with van der Waals surface area (Å²) in [6, 6.07) is 83.7. The van der Waals surface area contributed by atoms with E-state index in [1.807, 2.05) is 0 Å². The lowest BCUT2D eigenvalue weighted by atomic mass is 9.91. The van der Waals surface area contributed by atoms with Gasteiger partial charge in [-0.1, -0.05) is 182 Å². The van der Waals surface area contributed by atoms with Crippen molar-refractivity contribution in [3.8, 4) is 61.6 Å². The molecule has 2 aromatic heterocycles. The molecule has 0 bridgehead atoms. The number of pyridine rings is 1. The van der Waals surface area contributed by atoms with Crippen molar-refractivity contribution in [3.05, 3.63) is 231 Å². The minimum Gasteiger partial charge on any atom is -0.309 e. The van der Waals surface area contributed by atoms with Gasteiger partial charge in [0, 0.05) is 27.6 Å². The molecule has 284 valence electrons. The van der Waals surface area contributed by atoms with Gasteiger partial charge < -0.3 is 4.57 Å². The number of rotatable bonds is 6. The highest BCUT2D eigenvalue weighted by atomic mass is 15.0. The van der Waals surface area contributed by atoms with Gasteiger partial charge in [0.2, 0.25) is 0 Å². The summed E-state index contributed by atoms with van der Waals surface area (Å²) in [6.45, 7) is 0. The molecule has 2 heteroatoms. The summed E-state index contributed by atoms with van der Waals surface area (Å²) in [5.74, 6) is 0. The molecule has 2 heterocycles. The van der Waals surface area contributed by atoms with E-state index in [9.17, 15) is 0 Å². The van der Waals surface area contributed by atoms with Crippen molar-refractivity contribution >= 4 is 54.1 Å². The third-order valence-corrected chi connectivity index (χ3v) is 12.3. The maximum atomic E-state index is 5.45. The van der Waals surface area contributed by atoms with Gasteiger partial charge >= 0.3 is 0 Å². The molecule has 12 rings (SSSR count). The maximum Gasteiger partial charge on any atom is 0.0716 e. The minimum atomic E-state index is 0.922. The van der Waals surface area contributed by atoms with Crippen LogP contribution in [0.1, 0.15) is 0 Å². The second-order valence-corrected chi connectivity index (χ2v) is 15.9. The fourth-order valence-electron chi connectivity index (χ4n) is 9.43. The Morgan fingerprint density at radius 2 is 0.656 bits per heavy atom. The first-order valence-corrected chi connectivity index (χ1v) is 20.9. The van der Waals surface area contributed by atoms with Crippen molar-refractivity contribution in [3.63, 3.8) is 0 Å². The Morgan fingerprint density at radius 1 is 0.230 bits per heavy atom. The lowest BCUT2D eigenvalue weighted by molar-refractivity contribution is 1.18. The highest BCUT2D eigenvalue weighted by molar-refractivity contribution is 6.25. The molecule has 0 aliphatic carbocycles. The van der Waals surface area contributed by atoms with E-state index in [2.05, 4.69) is 235 Å². The molecule has 0 atom stereocenters. The van der Waals surface area contributed by atoms with E-state index in [4.69, 9.17) is 4.98 Å². The highest BCUT2D eigenvalue weighted by Gasteiger charge is 2.18. The highest BCUT2D eigenvalue weighted by Crippen LogP contribution is 2.41. The molecule has 61 heavy (non-hydrogen) atoms. The van der Waals surface area contributed by atoms with E-state index in [-0.39, 0.29) is 0 Å². The van der Waals surface area contributed by atoms with Gasteiger partial charge in [0.15, 0.2) is 0 Å². The van der Waals surface area contributed by atoms with Crippen LogP contribution in [0.4, 0.5) is 0 Å². The van der Waals surface area contributed by atoms with E-state index in [1.54, 1.807) is 0 Å². The molecule has 0 amide bonds. The molecule has 0 spiro atoms. The van der Waals surface area contributed by atoms with Crippen LogP contribution >= 0.6 is 0 Å². The lowest BCUT2D eigenvalue weighted by Gasteiger charge is -2.16. The number of hydrogen-bond donors (Lipinski definition) is 0. The summed E-state index contributed by atoms with van der Waals surface area (Å²) >= 11 is 0. The SMILES string of the molecule is c1ccc(-c2cc(-c3ccccc3)nc(-c3cc(-c4ccc5c6ccccc6c6ccccc6c5c4)cc(-n4c5ccccc5c5ccc(-c6ccccc6)cc54)c3)c2)cc1. The average molecular weight is 775 g/mol. The molecule has 0 N–H and O–H groups in total. The molecule has 10 aromatic carbocycles. The van der Waals surface area contributed by atoms with Crippen LogP contribution in [0.2, 0.25) is 0 Å². The summed E-state index contributed by atoms with van der Waals surface area (Å²) in [4.78, 5) is 5.45.